The third-order valence-electron chi connectivity index (χ3n) is 2.31. The Morgan fingerprint density at radius 2 is 1.95 bits per heavy atom. The Bertz CT molecular complexity index is 313. The predicted octanol–water partition coefficient (Wildman–Crippen LogP) is 0.261. The molecule has 1 rings (SSSR count). The fraction of sp³-hybridized carbons (Fsp3) is 0.833. The van der Waals surface area contributed by atoms with Gasteiger partial charge in [0.15, 0.2) is 6.10 Å². The van der Waals surface area contributed by atoms with Gasteiger partial charge in [-0.1, -0.05) is 0 Å². The van der Waals surface area contributed by atoms with E-state index in [9.17, 15) is 9.59 Å². The summed E-state index contributed by atoms with van der Waals surface area (Å²) >= 11 is 0. The number of hydrogen-bond donors (Lipinski definition) is 0. The lowest BCUT2D eigenvalue weighted by atomic mass is 10.2. The van der Waals surface area contributed by atoms with Gasteiger partial charge in [0.25, 0.3) is 0 Å². The summed E-state index contributed by atoms with van der Waals surface area (Å²) in [5.41, 5.74) is 0. The summed E-state index contributed by atoms with van der Waals surface area (Å²) in [5.74, 6) is -2.04. The molecule has 0 amide bonds. The van der Waals surface area contributed by atoms with Crippen molar-refractivity contribution in [2.45, 2.75) is 32.2 Å². The molecule has 1 fully saturated rings. The van der Waals surface area contributed by atoms with E-state index in [1.54, 1.807) is 21.0 Å². The molecule has 0 aliphatic carbocycles. The van der Waals surface area contributed by atoms with Crippen LogP contribution in [0.4, 0.5) is 0 Å². The van der Waals surface area contributed by atoms with Gasteiger partial charge in [0.2, 0.25) is 5.79 Å². The largest absolute Gasteiger partial charge is 0.463 e. The Labute approximate surface area is 112 Å². The Kier molecular flexibility index (Phi) is 6.20. The summed E-state index contributed by atoms with van der Waals surface area (Å²) in [6.45, 7) is 4.58. The monoisotopic (exact) mass is 276 g/mol. The second-order valence-electron chi connectivity index (χ2n) is 4.46. The molecule has 0 radical (unpaired) electrons. The van der Waals surface area contributed by atoms with Crippen LogP contribution < -0.4 is 0 Å². The van der Waals surface area contributed by atoms with Crippen LogP contribution in [0.25, 0.3) is 0 Å². The normalized spacial score (nSPS) is 21.2. The number of carbonyl (C=O) groups excluding carboxylic acids is 2. The predicted molar refractivity (Wildman–Crippen MR) is 63.3 cm³/mol. The molecule has 1 saturated heterocycles. The van der Waals surface area contributed by atoms with Crippen molar-refractivity contribution in [2.75, 3.05) is 33.5 Å². The molecule has 0 aromatic heterocycles. The van der Waals surface area contributed by atoms with E-state index < -0.39 is 23.8 Å². The van der Waals surface area contributed by atoms with Crippen LogP contribution in [0.5, 0.6) is 0 Å². The smallest absolute Gasteiger partial charge is 0.338 e. The Hall–Kier alpha value is -1.18. The third kappa shape index (κ3) is 6.00. The minimum Gasteiger partial charge on any atom is -0.463 e. The van der Waals surface area contributed by atoms with Crippen LogP contribution in [0.15, 0.2) is 0 Å². The number of carbonyl (C=O) groups is 2. The molecule has 0 N–H and O–H groups in total. The molecule has 0 bridgehead atoms. The first-order valence-electron chi connectivity index (χ1n) is 6.07. The van der Waals surface area contributed by atoms with Crippen LogP contribution >= 0.6 is 0 Å². The molecule has 0 saturated carbocycles. The van der Waals surface area contributed by atoms with Crippen molar-refractivity contribution >= 4 is 11.9 Å². The molecule has 7 heteroatoms. The Morgan fingerprint density at radius 3 is 2.53 bits per heavy atom. The first-order chi connectivity index (χ1) is 8.94. The molecule has 7 nitrogen and oxygen atoms in total. The summed E-state index contributed by atoms with van der Waals surface area (Å²) in [5, 5.41) is 0. The van der Waals surface area contributed by atoms with Crippen LogP contribution in [0.1, 0.15) is 20.3 Å². The second kappa shape index (κ2) is 7.42. The Morgan fingerprint density at radius 1 is 1.26 bits per heavy atom. The van der Waals surface area contributed by atoms with Crippen LogP contribution in [0, 0.1) is 0 Å². The fourth-order valence-electron chi connectivity index (χ4n) is 1.52. The molecule has 1 aliphatic rings. The van der Waals surface area contributed by atoms with Gasteiger partial charge < -0.3 is 23.7 Å². The van der Waals surface area contributed by atoms with Gasteiger partial charge in [0.1, 0.15) is 6.61 Å². The summed E-state index contributed by atoms with van der Waals surface area (Å²) < 4.78 is 25.0. The highest BCUT2D eigenvalue weighted by molar-refractivity contribution is 5.83. The molecular formula is C12H20O7. The van der Waals surface area contributed by atoms with E-state index in [4.69, 9.17) is 23.7 Å². The molecule has 0 aromatic rings. The lowest BCUT2D eigenvalue weighted by Gasteiger charge is -2.14. The molecular weight excluding hydrogens is 256 g/mol. The van der Waals surface area contributed by atoms with Gasteiger partial charge in [-0.25, -0.2) is 4.79 Å². The fourth-order valence-corrected chi connectivity index (χ4v) is 1.52. The minimum absolute atomic E-state index is 0.133. The molecule has 1 unspecified atom stereocenters. The van der Waals surface area contributed by atoms with Crippen molar-refractivity contribution in [3.05, 3.63) is 0 Å². The molecule has 0 aromatic carbocycles. The molecule has 0 spiro atoms. The van der Waals surface area contributed by atoms with Crippen molar-refractivity contribution in [1.82, 2.24) is 0 Å². The second-order valence-corrected chi connectivity index (χ2v) is 4.46. The highest BCUT2D eigenvalue weighted by Crippen LogP contribution is 2.25. The number of rotatable bonds is 8. The maximum Gasteiger partial charge on any atom is 0.338 e. The zero-order valence-electron chi connectivity index (χ0n) is 11.5. The number of methoxy groups -OCH3 is 1. The van der Waals surface area contributed by atoms with Crippen LogP contribution in [-0.2, 0) is 33.3 Å². The van der Waals surface area contributed by atoms with E-state index in [-0.39, 0.29) is 19.6 Å². The maximum absolute atomic E-state index is 11.5. The van der Waals surface area contributed by atoms with Gasteiger partial charge in [-0.05, 0) is 0 Å². The molecule has 19 heavy (non-hydrogen) atoms. The van der Waals surface area contributed by atoms with Crippen LogP contribution in [-0.4, -0.2) is 57.4 Å². The number of hydrogen-bond acceptors (Lipinski definition) is 7. The lowest BCUT2D eigenvalue weighted by molar-refractivity contribution is -0.161. The van der Waals surface area contributed by atoms with Crippen molar-refractivity contribution < 1.29 is 33.3 Å². The maximum atomic E-state index is 11.5. The molecule has 1 heterocycles. The number of cyclic esters (lactones) is 1. The van der Waals surface area contributed by atoms with Gasteiger partial charge in [-0.2, -0.15) is 0 Å². The highest BCUT2D eigenvalue weighted by atomic mass is 16.8. The SMILES string of the molecule is COCCOCCOC(=O)CC1OC(C)(C)OC1=O. The summed E-state index contributed by atoms with van der Waals surface area (Å²) in [4.78, 5) is 22.8. The van der Waals surface area contributed by atoms with E-state index in [0.717, 1.165) is 0 Å². The summed E-state index contributed by atoms with van der Waals surface area (Å²) in [7, 11) is 1.57. The number of ether oxygens (including phenoxy) is 5. The number of esters is 2. The van der Waals surface area contributed by atoms with E-state index in [1.165, 1.54) is 0 Å². The average Bonchev–Trinajstić information content (AvgIpc) is 2.56. The minimum atomic E-state index is -0.981. The topological polar surface area (TPSA) is 80.3 Å². The van der Waals surface area contributed by atoms with E-state index in [0.29, 0.717) is 13.2 Å². The molecule has 1 atom stereocenters. The van der Waals surface area contributed by atoms with Gasteiger partial charge >= 0.3 is 11.9 Å². The van der Waals surface area contributed by atoms with Gasteiger partial charge in [-0.15, -0.1) is 0 Å². The first kappa shape index (κ1) is 15.9. The van der Waals surface area contributed by atoms with Crippen molar-refractivity contribution in [1.29, 1.82) is 0 Å². The zero-order valence-corrected chi connectivity index (χ0v) is 11.5. The lowest BCUT2D eigenvalue weighted by Crippen LogP contribution is -2.24. The van der Waals surface area contributed by atoms with E-state index >= 15 is 0 Å². The molecule has 1 aliphatic heterocycles. The van der Waals surface area contributed by atoms with Gasteiger partial charge in [0, 0.05) is 21.0 Å². The summed E-state index contributed by atoms with van der Waals surface area (Å²) in [6.07, 6.45) is -1.04. The van der Waals surface area contributed by atoms with Crippen LogP contribution in [0.3, 0.4) is 0 Å². The van der Waals surface area contributed by atoms with Gasteiger partial charge in [0.05, 0.1) is 26.2 Å². The quantitative estimate of drug-likeness (QED) is 0.464. The Balaban J connectivity index is 2.13. The third-order valence-corrected chi connectivity index (χ3v) is 2.31. The summed E-state index contributed by atoms with van der Waals surface area (Å²) in [6, 6.07) is 0. The highest BCUT2D eigenvalue weighted by Gasteiger charge is 2.42. The average molecular weight is 276 g/mol. The van der Waals surface area contributed by atoms with Crippen LogP contribution in [0.2, 0.25) is 0 Å². The van der Waals surface area contributed by atoms with Crippen molar-refractivity contribution in [3.63, 3.8) is 0 Å². The first-order valence-corrected chi connectivity index (χ1v) is 6.07. The van der Waals surface area contributed by atoms with Gasteiger partial charge in [-0.3, -0.25) is 4.79 Å². The standard InChI is InChI=1S/C12H20O7/c1-12(2)18-9(11(14)19-12)8-10(13)17-7-6-16-5-4-15-3/h9H,4-8H2,1-3H3. The van der Waals surface area contributed by atoms with Crippen molar-refractivity contribution in [3.8, 4) is 0 Å². The zero-order chi connectivity index (χ0) is 14.3. The van der Waals surface area contributed by atoms with E-state index in [2.05, 4.69) is 0 Å². The molecule has 110 valence electrons. The van der Waals surface area contributed by atoms with Crippen molar-refractivity contribution in [2.24, 2.45) is 0 Å². The van der Waals surface area contributed by atoms with E-state index in [1.807, 2.05) is 0 Å².